The molecule has 0 bridgehead atoms. The van der Waals surface area contributed by atoms with Crippen molar-refractivity contribution in [2.45, 2.75) is 11.7 Å². The highest BCUT2D eigenvalue weighted by atomic mass is 32.2. The van der Waals surface area contributed by atoms with Crippen LogP contribution in [0.5, 0.6) is 5.75 Å². The van der Waals surface area contributed by atoms with E-state index in [1.54, 1.807) is 43.0 Å². The van der Waals surface area contributed by atoms with Crippen LogP contribution in [0, 0.1) is 0 Å². The Hall–Kier alpha value is -3.85. The van der Waals surface area contributed by atoms with Gasteiger partial charge in [-0.3, -0.25) is 9.59 Å². The van der Waals surface area contributed by atoms with Gasteiger partial charge in [0.2, 0.25) is 5.91 Å². The Morgan fingerprint density at radius 2 is 1.76 bits per heavy atom. The number of methoxy groups -OCH3 is 1. The third kappa shape index (κ3) is 5.32. The average Bonchev–Trinajstić information content (AvgIpc) is 3.20. The first-order valence-electron chi connectivity index (χ1n) is 10.3. The van der Waals surface area contributed by atoms with Gasteiger partial charge in [0.1, 0.15) is 5.75 Å². The number of carbonyl (C=O) groups excluding carboxylic acids is 2. The maximum absolute atomic E-state index is 12.5. The molecule has 2 amide bonds. The lowest BCUT2D eigenvalue weighted by Gasteiger charge is -2.09. The molecule has 0 spiro atoms. The number of amides is 2. The van der Waals surface area contributed by atoms with Crippen LogP contribution in [0.1, 0.15) is 16.2 Å². The molecule has 0 aliphatic carbocycles. The molecular weight excluding hydrogens is 438 g/mol. The first-order valence-corrected chi connectivity index (χ1v) is 11.2. The van der Waals surface area contributed by atoms with Crippen LogP contribution in [0.3, 0.4) is 0 Å². The fourth-order valence-electron chi connectivity index (χ4n) is 3.28. The normalized spacial score (nSPS) is 10.7. The zero-order valence-electron chi connectivity index (χ0n) is 18.2. The maximum Gasteiger partial charge on any atom is 0.251 e. The summed E-state index contributed by atoms with van der Waals surface area (Å²) >= 11 is 1.29. The average molecular weight is 462 g/mol. The van der Waals surface area contributed by atoms with Crippen LogP contribution in [0.15, 0.2) is 71.9 Å². The second kappa shape index (κ2) is 10.2. The van der Waals surface area contributed by atoms with Crippen molar-refractivity contribution in [3.63, 3.8) is 0 Å². The van der Waals surface area contributed by atoms with Crippen LogP contribution in [-0.4, -0.2) is 39.4 Å². The summed E-state index contributed by atoms with van der Waals surface area (Å²) in [6.07, 6.45) is 0. The molecule has 1 heterocycles. The van der Waals surface area contributed by atoms with E-state index in [9.17, 15) is 9.59 Å². The van der Waals surface area contributed by atoms with Gasteiger partial charge in [-0.2, -0.15) is 0 Å². The molecule has 2 N–H and O–H groups in total. The van der Waals surface area contributed by atoms with E-state index >= 15 is 0 Å². The number of carbonyl (C=O) groups is 2. The molecule has 1 aromatic heterocycles. The van der Waals surface area contributed by atoms with Crippen LogP contribution in [0.4, 0.5) is 5.69 Å². The summed E-state index contributed by atoms with van der Waals surface area (Å²) in [5.74, 6) is 1.12. The number of nitrogens with zero attached hydrogens (tertiary/aromatic N) is 3. The molecule has 4 aromatic rings. The third-order valence-electron chi connectivity index (χ3n) is 5.08. The largest absolute Gasteiger partial charge is 0.497 e. The van der Waals surface area contributed by atoms with Crippen molar-refractivity contribution in [2.75, 3.05) is 18.2 Å². The maximum atomic E-state index is 12.5. The van der Waals surface area contributed by atoms with E-state index in [0.717, 1.165) is 16.5 Å². The van der Waals surface area contributed by atoms with Crippen molar-refractivity contribution in [1.29, 1.82) is 0 Å². The molecule has 9 heteroatoms. The number of rotatable bonds is 8. The number of thioether (sulfide) groups is 1. The van der Waals surface area contributed by atoms with Crippen molar-refractivity contribution in [1.82, 2.24) is 20.1 Å². The SMILES string of the molecule is COc1ccc(C(=O)NCc2nnc(SCC(=O)Nc3cccc4ccccc34)n2C)cc1. The van der Waals surface area contributed by atoms with Crippen molar-refractivity contribution in [3.8, 4) is 5.75 Å². The molecule has 8 nitrogen and oxygen atoms in total. The molecule has 0 unspecified atom stereocenters. The van der Waals surface area contributed by atoms with Crippen LogP contribution in [0.2, 0.25) is 0 Å². The third-order valence-corrected chi connectivity index (χ3v) is 6.10. The van der Waals surface area contributed by atoms with Gasteiger partial charge < -0.3 is 19.9 Å². The summed E-state index contributed by atoms with van der Waals surface area (Å²) in [4.78, 5) is 24.9. The summed E-state index contributed by atoms with van der Waals surface area (Å²) in [5, 5.41) is 16.7. The van der Waals surface area contributed by atoms with Gasteiger partial charge in [0.05, 0.1) is 19.4 Å². The van der Waals surface area contributed by atoms with Gasteiger partial charge in [0.25, 0.3) is 5.91 Å². The summed E-state index contributed by atoms with van der Waals surface area (Å²) < 4.78 is 6.87. The molecule has 0 aliphatic heterocycles. The monoisotopic (exact) mass is 461 g/mol. The van der Waals surface area contributed by atoms with Gasteiger partial charge in [-0.1, -0.05) is 48.2 Å². The zero-order valence-corrected chi connectivity index (χ0v) is 19.1. The number of nitrogens with one attached hydrogen (secondary N) is 2. The predicted molar refractivity (Wildman–Crippen MR) is 128 cm³/mol. The minimum Gasteiger partial charge on any atom is -0.497 e. The highest BCUT2D eigenvalue weighted by Gasteiger charge is 2.14. The molecule has 168 valence electrons. The van der Waals surface area contributed by atoms with Gasteiger partial charge in [-0.25, -0.2) is 0 Å². The first kappa shape index (κ1) is 22.3. The van der Waals surface area contributed by atoms with E-state index in [1.165, 1.54) is 11.8 Å². The van der Waals surface area contributed by atoms with Gasteiger partial charge in [-0.05, 0) is 35.7 Å². The molecule has 0 saturated heterocycles. The topological polar surface area (TPSA) is 98.1 Å². The molecule has 0 saturated carbocycles. The fraction of sp³-hybridized carbons (Fsp3) is 0.167. The number of aromatic nitrogens is 3. The minimum atomic E-state index is -0.218. The van der Waals surface area contributed by atoms with Crippen molar-refractivity contribution < 1.29 is 14.3 Å². The van der Waals surface area contributed by atoms with Gasteiger partial charge in [0.15, 0.2) is 11.0 Å². The highest BCUT2D eigenvalue weighted by Crippen LogP contribution is 2.23. The second-order valence-electron chi connectivity index (χ2n) is 7.23. The molecule has 0 radical (unpaired) electrons. The smallest absolute Gasteiger partial charge is 0.251 e. The quantitative estimate of drug-likeness (QED) is 0.389. The van der Waals surface area contributed by atoms with Crippen molar-refractivity contribution in [3.05, 3.63) is 78.1 Å². The van der Waals surface area contributed by atoms with E-state index in [0.29, 0.717) is 22.3 Å². The molecule has 0 fully saturated rings. The predicted octanol–water partition coefficient (Wildman–Crippen LogP) is 3.64. The Bertz CT molecular complexity index is 1280. The molecule has 4 rings (SSSR count). The van der Waals surface area contributed by atoms with Crippen LogP contribution < -0.4 is 15.4 Å². The zero-order chi connectivity index (χ0) is 23.2. The number of benzene rings is 3. The number of fused-ring (bicyclic) bond motifs is 1. The fourth-order valence-corrected chi connectivity index (χ4v) is 4.01. The summed E-state index contributed by atoms with van der Waals surface area (Å²) in [6.45, 7) is 0.219. The summed E-state index contributed by atoms with van der Waals surface area (Å²) in [5.41, 5.74) is 1.30. The van der Waals surface area contributed by atoms with Crippen LogP contribution >= 0.6 is 11.8 Å². The molecule has 0 atom stereocenters. The van der Waals surface area contributed by atoms with Crippen LogP contribution in [-0.2, 0) is 18.4 Å². The minimum absolute atomic E-state index is 0.131. The molecule has 33 heavy (non-hydrogen) atoms. The molecule has 3 aromatic carbocycles. The van der Waals surface area contributed by atoms with Crippen molar-refractivity contribution >= 4 is 40.0 Å². The number of ether oxygens (including phenoxy) is 1. The van der Waals surface area contributed by atoms with Crippen LogP contribution in [0.25, 0.3) is 10.8 Å². The lowest BCUT2D eigenvalue weighted by atomic mass is 10.1. The Labute approximate surface area is 195 Å². The van der Waals surface area contributed by atoms with E-state index in [-0.39, 0.29) is 24.1 Å². The van der Waals surface area contributed by atoms with E-state index in [4.69, 9.17) is 4.74 Å². The Kier molecular flexibility index (Phi) is 6.89. The summed E-state index contributed by atoms with van der Waals surface area (Å²) in [6, 6.07) is 20.6. The second-order valence-corrected chi connectivity index (χ2v) is 8.18. The highest BCUT2D eigenvalue weighted by molar-refractivity contribution is 7.99. The van der Waals surface area contributed by atoms with Gasteiger partial charge in [0, 0.05) is 23.7 Å². The number of hydrogen-bond acceptors (Lipinski definition) is 6. The number of hydrogen-bond donors (Lipinski definition) is 2. The Morgan fingerprint density at radius 3 is 2.55 bits per heavy atom. The summed E-state index contributed by atoms with van der Waals surface area (Å²) in [7, 11) is 3.38. The standard InChI is InChI=1S/C24H23N5O3S/c1-29-21(14-25-23(31)17-10-12-18(32-2)13-11-17)27-28-24(29)33-15-22(30)26-20-9-5-7-16-6-3-4-8-19(16)20/h3-13H,14-15H2,1-2H3,(H,25,31)(H,26,30). The molecular formula is C24H23N5O3S. The van der Waals surface area contributed by atoms with E-state index in [1.807, 2.05) is 42.5 Å². The Morgan fingerprint density at radius 1 is 1.00 bits per heavy atom. The van der Waals surface area contributed by atoms with Gasteiger partial charge in [-0.15, -0.1) is 10.2 Å². The first-order chi connectivity index (χ1) is 16.0. The van der Waals surface area contributed by atoms with Gasteiger partial charge >= 0.3 is 0 Å². The lowest BCUT2D eigenvalue weighted by molar-refractivity contribution is -0.113. The molecule has 0 aliphatic rings. The van der Waals surface area contributed by atoms with E-state index < -0.39 is 0 Å². The lowest BCUT2D eigenvalue weighted by Crippen LogP contribution is -2.24. The van der Waals surface area contributed by atoms with E-state index in [2.05, 4.69) is 20.8 Å². The number of anilines is 1. The van der Waals surface area contributed by atoms with Crippen molar-refractivity contribution in [2.24, 2.45) is 7.05 Å². The Balaban J connectivity index is 1.32.